The quantitative estimate of drug-likeness (QED) is 0.718. The summed E-state index contributed by atoms with van der Waals surface area (Å²) in [7, 11) is 0. The molecule has 0 fully saturated rings. The van der Waals surface area contributed by atoms with Gasteiger partial charge in [-0.25, -0.2) is 0 Å². The molecule has 132 valence electrons. The van der Waals surface area contributed by atoms with E-state index in [1.165, 1.54) is 10.6 Å². The second-order valence-electron chi connectivity index (χ2n) is 5.95. The molecule has 0 spiro atoms. The van der Waals surface area contributed by atoms with Crippen molar-refractivity contribution in [3.8, 4) is 0 Å². The average molecular weight is 348 g/mol. The SMILES string of the molecule is O=C(NCc1ccccc1CO)c1cccn(Cc2ccccc2)c1=O. The normalized spacial score (nSPS) is 10.5. The van der Waals surface area contributed by atoms with E-state index < -0.39 is 5.91 Å². The third kappa shape index (κ3) is 4.07. The molecular weight excluding hydrogens is 328 g/mol. The first-order valence-electron chi connectivity index (χ1n) is 8.38. The molecule has 3 rings (SSSR count). The highest BCUT2D eigenvalue weighted by molar-refractivity contribution is 5.93. The van der Waals surface area contributed by atoms with Gasteiger partial charge in [0.1, 0.15) is 5.56 Å². The smallest absolute Gasteiger partial charge is 0.263 e. The highest BCUT2D eigenvalue weighted by Gasteiger charge is 2.12. The van der Waals surface area contributed by atoms with Crippen LogP contribution in [0.15, 0.2) is 77.7 Å². The van der Waals surface area contributed by atoms with Gasteiger partial charge in [0.15, 0.2) is 0 Å². The third-order valence-corrected chi connectivity index (χ3v) is 4.19. The van der Waals surface area contributed by atoms with Crippen LogP contribution < -0.4 is 10.9 Å². The van der Waals surface area contributed by atoms with Gasteiger partial charge in [-0.3, -0.25) is 9.59 Å². The van der Waals surface area contributed by atoms with Crippen molar-refractivity contribution in [2.45, 2.75) is 19.7 Å². The zero-order valence-electron chi connectivity index (χ0n) is 14.3. The molecule has 0 saturated heterocycles. The second-order valence-corrected chi connectivity index (χ2v) is 5.95. The molecule has 0 aliphatic carbocycles. The number of aromatic nitrogens is 1. The van der Waals surface area contributed by atoms with Gasteiger partial charge in [-0.15, -0.1) is 0 Å². The molecule has 0 bridgehead atoms. The Labute approximate surface area is 151 Å². The summed E-state index contributed by atoms with van der Waals surface area (Å²) in [5.74, 6) is -0.426. The summed E-state index contributed by atoms with van der Waals surface area (Å²) in [6, 6.07) is 20.1. The van der Waals surface area contributed by atoms with Crippen LogP contribution in [-0.4, -0.2) is 15.6 Å². The lowest BCUT2D eigenvalue weighted by atomic mass is 10.1. The summed E-state index contributed by atoms with van der Waals surface area (Å²) in [6.45, 7) is 0.567. The number of aliphatic hydroxyl groups is 1. The van der Waals surface area contributed by atoms with Crippen LogP contribution in [0, 0.1) is 0 Å². The van der Waals surface area contributed by atoms with E-state index >= 15 is 0 Å². The van der Waals surface area contributed by atoms with Crippen LogP contribution in [0.2, 0.25) is 0 Å². The van der Waals surface area contributed by atoms with Crippen molar-refractivity contribution in [3.63, 3.8) is 0 Å². The molecule has 5 heteroatoms. The van der Waals surface area contributed by atoms with Crippen LogP contribution in [0.5, 0.6) is 0 Å². The van der Waals surface area contributed by atoms with Gasteiger partial charge < -0.3 is 15.0 Å². The fourth-order valence-electron chi connectivity index (χ4n) is 2.77. The number of hydrogen-bond acceptors (Lipinski definition) is 3. The number of hydrogen-bond donors (Lipinski definition) is 2. The van der Waals surface area contributed by atoms with Gasteiger partial charge in [0.25, 0.3) is 11.5 Å². The van der Waals surface area contributed by atoms with E-state index in [1.54, 1.807) is 18.3 Å². The van der Waals surface area contributed by atoms with Crippen LogP contribution in [-0.2, 0) is 19.7 Å². The van der Waals surface area contributed by atoms with Gasteiger partial charge in [0, 0.05) is 12.7 Å². The summed E-state index contributed by atoms with van der Waals surface area (Å²) in [4.78, 5) is 25.1. The van der Waals surface area contributed by atoms with E-state index in [0.717, 1.165) is 16.7 Å². The highest BCUT2D eigenvalue weighted by atomic mass is 16.3. The molecule has 0 aliphatic heterocycles. The molecular formula is C21H20N2O3. The molecule has 1 amide bonds. The number of nitrogens with zero attached hydrogens (tertiary/aromatic N) is 1. The molecule has 1 aromatic heterocycles. The van der Waals surface area contributed by atoms with Crippen molar-refractivity contribution < 1.29 is 9.90 Å². The standard InChI is InChI=1S/C21H20N2O3/c24-15-18-10-5-4-9-17(18)13-22-20(25)19-11-6-12-23(21(19)26)14-16-7-2-1-3-8-16/h1-12,24H,13-15H2,(H,22,25). The van der Waals surface area contributed by atoms with Crippen LogP contribution in [0.1, 0.15) is 27.0 Å². The Bertz CT molecular complexity index is 949. The minimum Gasteiger partial charge on any atom is -0.392 e. The van der Waals surface area contributed by atoms with Crippen molar-refractivity contribution in [2.75, 3.05) is 0 Å². The molecule has 0 unspecified atom stereocenters. The van der Waals surface area contributed by atoms with Gasteiger partial charge in [-0.2, -0.15) is 0 Å². The predicted octanol–water partition coefficient (Wildman–Crippen LogP) is 2.32. The van der Waals surface area contributed by atoms with Gasteiger partial charge >= 0.3 is 0 Å². The van der Waals surface area contributed by atoms with E-state index in [0.29, 0.717) is 6.54 Å². The third-order valence-electron chi connectivity index (χ3n) is 4.19. The highest BCUT2D eigenvalue weighted by Crippen LogP contribution is 2.08. The Balaban J connectivity index is 1.75. The van der Waals surface area contributed by atoms with Crippen molar-refractivity contribution in [3.05, 3.63) is 106 Å². The lowest BCUT2D eigenvalue weighted by Crippen LogP contribution is -2.32. The van der Waals surface area contributed by atoms with Gasteiger partial charge in [0.2, 0.25) is 0 Å². The Hall–Kier alpha value is -3.18. The number of benzene rings is 2. The molecule has 3 aromatic rings. The molecule has 0 atom stereocenters. The number of carbonyl (C=O) groups is 1. The predicted molar refractivity (Wildman–Crippen MR) is 99.8 cm³/mol. The molecule has 0 radical (unpaired) electrons. The largest absolute Gasteiger partial charge is 0.392 e. The number of aliphatic hydroxyl groups excluding tert-OH is 1. The number of pyridine rings is 1. The van der Waals surface area contributed by atoms with E-state index in [-0.39, 0.29) is 24.3 Å². The van der Waals surface area contributed by atoms with E-state index in [1.807, 2.05) is 48.5 Å². The number of amides is 1. The lowest BCUT2D eigenvalue weighted by molar-refractivity contribution is 0.0948. The maximum Gasteiger partial charge on any atom is 0.263 e. The fraction of sp³-hybridized carbons (Fsp3) is 0.143. The van der Waals surface area contributed by atoms with Crippen molar-refractivity contribution in [1.29, 1.82) is 0 Å². The molecule has 5 nitrogen and oxygen atoms in total. The summed E-state index contributed by atoms with van der Waals surface area (Å²) in [5.41, 5.74) is 2.34. The van der Waals surface area contributed by atoms with E-state index in [9.17, 15) is 14.7 Å². The van der Waals surface area contributed by atoms with Crippen LogP contribution in [0.4, 0.5) is 0 Å². The Morgan fingerprint density at radius 2 is 1.62 bits per heavy atom. The van der Waals surface area contributed by atoms with Crippen molar-refractivity contribution >= 4 is 5.91 Å². The van der Waals surface area contributed by atoms with Gasteiger partial charge in [-0.1, -0.05) is 54.6 Å². The van der Waals surface area contributed by atoms with Crippen LogP contribution in [0.3, 0.4) is 0 Å². The summed E-state index contributed by atoms with van der Waals surface area (Å²) in [6.07, 6.45) is 1.67. The van der Waals surface area contributed by atoms with E-state index in [2.05, 4.69) is 5.32 Å². The molecule has 2 N–H and O–H groups in total. The number of nitrogens with one attached hydrogen (secondary N) is 1. The molecule has 1 heterocycles. The Morgan fingerprint density at radius 1 is 0.923 bits per heavy atom. The molecule has 26 heavy (non-hydrogen) atoms. The average Bonchev–Trinajstić information content (AvgIpc) is 2.68. The zero-order valence-corrected chi connectivity index (χ0v) is 14.3. The first-order chi connectivity index (χ1) is 12.7. The van der Waals surface area contributed by atoms with Crippen molar-refractivity contribution in [2.24, 2.45) is 0 Å². The minimum atomic E-state index is -0.426. The summed E-state index contributed by atoms with van der Waals surface area (Å²) < 4.78 is 1.52. The molecule has 0 aliphatic rings. The van der Waals surface area contributed by atoms with Gasteiger partial charge in [0.05, 0.1) is 13.2 Å². The zero-order chi connectivity index (χ0) is 18.4. The molecule has 2 aromatic carbocycles. The van der Waals surface area contributed by atoms with Crippen LogP contribution in [0.25, 0.3) is 0 Å². The van der Waals surface area contributed by atoms with E-state index in [4.69, 9.17) is 0 Å². The summed E-state index contributed by atoms with van der Waals surface area (Å²) >= 11 is 0. The topological polar surface area (TPSA) is 71.3 Å². The fourth-order valence-corrected chi connectivity index (χ4v) is 2.77. The molecule has 0 saturated carbocycles. The van der Waals surface area contributed by atoms with Crippen molar-refractivity contribution in [1.82, 2.24) is 9.88 Å². The van der Waals surface area contributed by atoms with Gasteiger partial charge in [-0.05, 0) is 28.8 Å². The maximum atomic E-state index is 12.6. The summed E-state index contributed by atoms with van der Waals surface area (Å²) in [5, 5.41) is 12.1. The minimum absolute atomic E-state index is 0.0960. The number of rotatable bonds is 6. The maximum absolute atomic E-state index is 12.6. The van der Waals surface area contributed by atoms with Crippen LogP contribution >= 0.6 is 0 Å². The first kappa shape index (κ1) is 17.6. The monoisotopic (exact) mass is 348 g/mol. The lowest BCUT2D eigenvalue weighted by Gasteiger charge is -2.10. The Morgan fingerprint density at radius 3 is 2.35 bits per heavy atom. The number of carbonyl (C=O) groups excluding carboxylic acids is 1. The second kappa shape index (κ2) is 8.27. The first-order valence-corrected chi connectivity index (χ1v) is 8.38. The Kier molecular flexibility index (Phi) is 5.61.